The molecule has 216 valence electrons. The molecule has 0 spiro atoms. The van der Waals surface area contributed by atoms with Crippen molar-refractivity contribution in [1.29, 1.82) is 0 Å². The van der Waals surface area contributed by atoms with Crippen LogP contribution in [0.25, 0.3) is 21.6 Å². The second-order valence-corrected chi connectivity index (χ2v) is 10.9. The smallest absolute Gasteiger partial charge is 0.357 e. The van der Waals surface area contributed by atoms with Gasteiger partial charge in [0.15, 0.2) is 5.69 Å². The van der Waals surface area contributed by atoms with Gasteiger partial charge in [0.2, 0.25) is 0 Å². The lowest BCUT2D eigenvalue weighted by atomic mass is 9.93. The van der Waals surface area contributed by atoms with Gasteiger partial charge in [-0.1, -0.05) is 24.6 Å². The van der Waals surface area contributed by atoms with Crippen molar-refractivity contribution in [3.8, 4) is 27.3 Å². The summed E-state index contributed by atoms with van der Waals surface area (Å²) in [6, 6.07) is 13.8. The van der Waals surface area contributed by atoms with Crippen LogP contribution in [0.3, 0.4) is 0 Å². The van der Waals surface area contributed by atoms with E-state index in [4.69, 9.17) is 26.8 Å². The summed E-state index contributed by atoms with van der Waals surface area (Å²) in [5.41, 5.74) is 9.75. The number of methoxy groups -OCH3 is 1. The highest BCUT2D eigenvalue weighted by molar-refractivity contribution is 7.13. The predicted molar refractivity (Wildman–Crippen MR) is 163 cm³/mol. The number of fused-ring (bicyclic) bond motifs is 3. The van der Waals surface area contributed by atoms with E-state index in [0.29, 0.717) is 53.7 Å². The Labute approximate surface area is 252 Å². The zero-order valence-corrected chi connectivity index (χ0v) is 24.7. The maximum atomic E-state index is 13.9. The third kappa shape index (κ3) is 5.87. The van der Waals surface area contributed by atoms with Gasteiger partial charge in [-0.2, -0.15) is 0 Å². The van der Waals surface area contributed by atoms with Crippen molar-refractivity contribution >= 4 is 46.4 Å². The van der Waals surface area contributed by atoms with Crippen LogP contribution in [-0.2, 0) is 17.7 Å². The molecule has 0 saturated carbocycles. The predicted octanol–water partition coefficient (Wildman–Crippen LogP) is 5.70. The minimum absolute atomic E-state index is 0.0552. The molecule has 2 aromatic carbocycles. The van der Waals surface area contributed by atoms with Gasteiger partial charge >= 0.3 is 5.97 Å². The Morgan fingerprint density at radius 2 is 1.90 bits per heavy atom. The first-order valence-corrected chi connectivity index (χ1v) is 14.7. The first-order chi connectivity index (χ1) is 20.3. The van der Waals surface area contributed by atoms with Crippen LogP contribution in [0.5, 0.6) is 5.75 Å². The van der Waals surface area contributed by atoms with Crippen LogP contribution in [0.1, 0.15) is 55.8 Å². The zero-order chi connectivity index (χ0) is 29.8. The summed E-state index contributed by atoms with van der Waals surface area (Å²) in [6.45, 7) is 3.15. The molecule has 0 fully saturated rings. The Bertz CT molecular complexity index is 1690. The van der Waals surface area contributed by atoms with Crippen molar-refractivity contribution < 1.29 is 23.9 Å². The summed E-state index contributed by atoms with van der Waals surface area (Å²) >= 11 is 8.02. The Kier molecular flexibility index (Phi) is 8.86. The van der Waals surface area contributed by atoms with E-state index in [1.165, 1.54) is 13.2 Å². The number of aromatic nitrogens is 1. The molecule has 0 saturated heterocycles. The molecule has 0 radical (unpaired) electrons. The summed E-state index contributed by atoms with van der Waals surface area (Å²) in [4.78, 5) is 44.9. The molecule has 0 unspecified atom stereocenters. The lowest BCUT2D eigenvalue weighted by Crippen LogP contribution is -2.26. The zero-order valence-electron chi connectivity index (χ0n) is 23.1. The maximum absolute atomic E-state index is 13.9. The van der Waals surface area contributed by atoms with E-state index in [0.717, 1.165) is 28.0 Å². The van der Waals surface area contributed by atoms with E-state index < -0.39 is 17.8 Å². The largest absolute Gasteiger partial charge is 0.493 e. The van der Waals surface area contributed by atoms with Gasteiger partial charge in [-0.05, 0) is 65.4 Å². The van der Waals surface area contributed by atoms with Crippen LogP contribution in [0.4, 0.5) is 5.69 Å². The van der Waals surface area contributed by atoms with E-state index in [1.807, 2.05) is 18.4 Å². The van der Waals surface area contributed by atoms with Crippen LogP contribution in [0.15, 0.2) is 53.9 Å². The number of carbonyl (C=O) groups is 3. The highest BCUT2D eigenvalue weighted by Crippen LogP contribution is 2.43. The summed E-state index contributed by atoms with van der Waals surface area (Å²) in [6.07, 6.45) is 1.45. The number of benzene rings is 2. The number of hydrogen-bond donors (Lipinski definition) is 3. The van der Waals surface area contributed by atoms with E-state index in [9.17, 15) is 14.4 Å². The number of hydrogen-bond acceptors (Lipinski definition) is 8. The van der Waals surface area contributed by atoms with Crippen molar-refractivity contribution in [2.75, 3.05) is 25.6 Å². The quantitative estimate of drug-likeness (QED) is 0.220. The lowest BCUT2D eigenvalue weighted by molar-refractivity contribution is 0.0594. The van der Waals surface area contributed by atoms with Gasteiger partial charge in [-0.3, -0.25) is 9.59 Å². The lowest BCUT2D eigenvalue weighted by Gasteiger charge is -2.18. The van der Waals surface area contributed by atoms with Crippen LogP contribution < -0.4 is 21.1 Å². The fraction of sp³-hybridized carbons (Fsp3) is 0.226. The average molecular weight is 605 g/mol. The number of esters is 1. The molecule has 2 aromatic heterocycles. The minimum Gasteiger partial charge on any atom is -0.493 e. The van der Waals surface area contributed by atoms with Gasteiger partial charge in [-0.25, -0.2) is 9.78 Å². The molecule has 3 heterocycles. The number of thiophene rings is 1. The fourth-order valence-corrected chi connectivity index (χ4v) is 5.91. The van der Waals surface area contributed by atoms with Crippen LogP contribution >= 0.6 is 22.9 Å². The Balaban J connectivity index is 1.68. The van der Waals surface area contributed by atoms with E-state index in [1.54, 1.807) is 47.7 Å². The SMILES string of the molecule is CCCNC(=O)c1ccc(-c2cc3c(cc2C(=O)Nc2ccc(CN)cc2Cl)-c2sccc2CCO3)c(C(=O)OC)n1. The highest BCUT2D eigenvalue weighted by atomic mass is 35.5. The number of anilines is 1. The second-order valence-electron chi connectivity index (χ2n) is 9.58. The van der Waals surface area contributed by atoms with Crippen LogP contribution in [-0.4, -0.2) is 43.0 Å². The molecule has 5 rings (SSSR count). The maximum Gasteiger partial charge on any atom is 0.357 e. The normalized spacial score (nSPS) is 11.9. The Morgan fingerprint density at radius 3 is 2.64 bits per heavy atom. The number of ether oxygens (including phenoxy) is 2. The van der Waals surface area contributed by atoms with Crippen molar-refractivity contribution in [2.45, 2.75) is 26.3 Å². The van der Waals surface area contributed by atoms with Gasteiger partial charge in [0.1, 0.15) is 11.4 Å². The molecule has 2 amide bonds. The summed E-state index contributed by atoms with van der Waals surface area (Å²) in [7, 11) is 1.23. The monoisotopic (exact) mass is 604 g/mol. The van der Waals surface area contributed by atoms with Gasteiger partial charge < -0.3 is 25.8 Å². The van der Waals surface area contributed by atoms with Crippen molar-refractivity contribution in [2.24, 2.45) is 5.73 Å². The molecule has 11 heteroatoms. The molecule has 4 N–H and O–H groups in total. The molecule has 42 heavy (non-hydrogen) atoms. The van der Waals surface area contributed by atoms with Gasteiger partial charge in [0.05, 0.1) is 24.4 Å². The summed E-state index contributed by atoms with van der Waals surface area (Å²) < 4.78 is 11.1. The van der Waals surface area contributed by atoms with Crippen LogP contribution in [0, 0.1) is 0 Å². The first kappa shape index (κ1) is 29.2. The number of rotatable bonds is 8. The Morgan fingerprint density at radius 1 is 1.07 bits per heavy atom. The standard InChI is InChI=1S/C31H29ClN4O5S/c1-3-10-34-30(38)25-7-5-19(27(35-25)31(39)40-2)20-15-26-22(28-18(8-11-41-26)9-12-42-28)14-21(20)29(37)36-24-6-4-17(16-33)13-23(24)32/h4-7,9,12-15H,3,8,10-11,16,33H2,1-2H3,(H,34,38)(H,36,37). The van der Waals surface area contributed by atoms with Gasteiger partial charge in [0.25, 0.3) is 11.8 Å². The topological polar surface area (TPSA) is 133 Å². The average Bonchev–Trinajstić information content (AvgIpc) is 3.41. The second kappa shape index (κ2) is 12.7. The number of halogens is 1. The fourth-order valence-electron chi connectivity index (χ4n) is 4.69. The molecular weight excluding hydrogens is 576 g/mol. The molecule has 0 aliphatic carbocycles. The molecule has 9 nitrogen and oxygen atoms in total. The molecule has 1 aliphatic rings. The number of pyridine rings is 1. The number of nitrogens with zero attached hydrogens (tertiary/aromatic N) is 1. The van der Waals surface area contributed by atoms with Gasteiger partial charge in [-0.15, -0.1) is 11.3 Å². The summed E-state index contributed by atoms with van der Waals surface area (Å²) in [5.74, 6) is -1.07. The molecule has 4 aromatic rings. The van der Waals surface area contributed by atoms with Crippen LogP contribution in [0.2, 0.25) is 5.02 Å². The molecule has 0 bridgehead atoms. The first-order valence-electron chi connectivity index (χ1n) is 13.4. The van der Waals surface area contributed by atoms with Gasteiger partial charge in [0, 0.05) is 46.6 Å². The van der Waals surface area contributed by atoms with E-state index in [2.05, 4.69) is 15.6 Å². The van der Waals surface area contributed by atoms with E-state index >= 15 is 0 Å². The van der Waals surface area contributed by atoms with E-state index in [-0.39, 0.29) is 17.0 Å². The molecular formula is C31H29ClN4O5S. The molecule has 1 aliphatic heterocycles. The minimum atomic E-state index is -0.752. The van der Waals surface area contributed by atoms with Crippen molar-refractivity contribution in [1.82, 2.24) is 10.3 Å². The third-order valence-electron chi connectivity index (χ3n) is 6.83. The van der Waals surface area contributed by atoms with Crippen molar-refractivity contribution in [3.05, 3.63) is 87.0 Å². The third-order valence-corrected chi connectivity index (χ3v) is 8.14. The molecule has 0 atom stereocenters. The number of nitrogens with one attached hydrogen (secondary N) is 2. The Hall–Kier alpha value is -4.25. The number of nitrogens with two attached hydrogens (primary N) is 1. The highest BCUT2D eigenvalue weighted by Gasteiger charge is 2.27. The number of amides is 2. The summed E-state index contributed by atoms with van der Waals surface area (Å²) in [5, 5.41) is 8.00. The number of carbonyl (C=O) groups excluding carboxylic acids is 3. The van der Waals surface area contributed by atoms with Crippen molar-refractivity contribution in [3.63, 3.8) is 0 Å².